The smallest absolute Gasteiger partial charge is 0.302 e. The van der Waals surface area contributed by atoms with Gasteiger partial charge in [0.2, 0.25) is 5.96 Å². The van der Waals surface area contributed by atoms with Crippen LogP contribution >= 0.6 is 0 Å². The number of hydrogen-bond acceptors (Lipinski definition) is 5. The van der Waals surface area contributed by atoms with Gasteiger partial charge < -0.3 is 10.7 Å². The Morgan fingerprint density at radius 1 is 1.50 bits per heavy atom. The summed E-state index contributed by atoms with van der Waals surface area (Å²) in [7, 11) is 0. The summed E-state index contributed by atoms with van der Waals surface area (Å²) in [6, 6.07) is 0. The second kappa shape index (κ2) is 2.66. The van der Waals surface area contributed by atoms with Crippen molar-refractivity contribution in [3.05, 3.63) is 11.5 Å². The number of carbonyl (C=O) groups excluding carboxylic acids is 2. The Morgan fingerprint density at radius 2 is 2.21 bits per heavy atom. The first-order valence-corrected chi connectivity index (χ1v) is 3.79. The number of nitrogens with zero attached hydrogens (tertiary/aromatic N) is 3. The summed E-state index contributed by atoms with van der Waals surface area (Å²) in [6.07, 6.45) is 0. The van der Waals surface area contributed by atoms with Crippen molar-refractivity contribution in [2.24, 2.45) is 10.7 Å². The number of H-pyrrole nitrogens is 1. The number of nitrogens with two attached hydrogens (primary N) is 1. The van der Waals surface area contributed by atoms with Crippen molar-refractivity contribution in [2.45, 2.75) is 6.92 Å². The van der Waals surface area contributed by atoms with Crippen LogP contribution in [0.5, 0.6) is 0 Å². The molecule has 7 nitrogen and oxygen atoms in total. The van der Waals surface area contributed by atoms with Crippen LogP contribution in [0.2, 0.25) is 0 Å². The van der Waals surface area contributed by atoms with Gasteiger partial charge in [-0.3, -0.25) is 9.59 Å². The topological polar surface area (TPSA) is 115 Å². The third-order valence-electron chi connectivity index (χ3n) is 1.66. The lowest BCUT2D eigenvalue weighted by atomic mass is 10.4. The van der Waals surface area contributed by atoms with Gasteiger partial charge in [0.15, 0.2) is 23.1 Å². The number of nitrogens with one attached hydrogen (secondary N) is 1. The average Bonchev–Trinajstić information content (AvgIpc) is 2.47. The van der Waals surface area contributed by atoms with Crippen LogP contribution in [0.3, 0.4) is 0 Å². The summed E-state index contributed by atoms with van der Waals surface area (Å²) < 4.78 is 0. The predicted octanol–water partition coefficient (Wildman–Crippen LogP) is -0.683. The number of rotatable bonds is 1. The molecule has 1 amide bonds. The summed E-state index contributed by atoms with van der Waals surface area (Å²) in [5.74, 6) is -0.733. The van der Waals surface area contributed by atoms with Gasteiger partial charge in [-0.15, -0.1) is 0 Å². The van der Waals surface area contributed by atoms with E-state index < -0.39 is 5.91 Å². The van der Waals surface area contributed by atoms with Crippen LogP contribution < -0.4 is 11.1 Å². The highest BCUT2D eigenvalue weighted by Gasteiger charge is 2.25. The summed E-state index contributed by atoms with van der Waals surface area (Å²) in [5, 5.41) is 3.39. The van der Waals surface area contributed by atoms with Crippen molar-refractivity contribution in [1.29, 1.82) is 0 Å². The molecule has 0 bridgehead atoms. The van der Waals surface area contributed by atoms with Crippen molar-refractivity contribution >= 4 is 23.5 Å². The van der Waals surface area contributed by atoms with Gasteiger partial charge in [-0.05, 0) is 0 Å². The number of carbonyl (C=O) groups is 2. The molecule has 0 unspecified atom stereocenters. The standard InChI is InChI=1S/C7H6N5O2/c1-2(13)4-9-3-5(10-4)11-7(8)12-6(3)14/h1H3,(H2,8,11)(H,9,10). The average molecular weight is 192 g/mol. The van der Waals surface area contributed by atoms with Gasteiger partial charge in [-0.2, -0.15) is 10.3 Å². The normalized spacial score (nSPS) is 14.4. The highest BCUT2D eigenvalue weighted by atomic mass is 16.2. The van der Waals surface area contributed by atoms with E-state index in [0.717, 1.165) is 0 Å². The van der Waals surface area contributed by atoms with Crippen LogP contribution in [-0.4, -0.2) is 27.6 Å². The van der Waals surface area contributed by atoms with E-state index in [-0.39, 0.29) is 29.1 Å². The summed E-state index contributed by atoms with van der Waals surface area (Å²) in [4.78, 5) is 32.2. The number of aromatic nitrogens is 2. The molecular formula is C7H6N5O2. The maximum Gasteiger partial charge on any atom is 0.302 e. The predicted molar refractivity (Wildman–Crippen MR) is 46.3 cm³/mol. The van der Waals surface area contributed by atoms with Gasteiger partial charge in [0, 0.05) is 6.92 Å². The monoisotopic (exact) mass is 192 g/mol. The number of guanidine groups is 1. The van der Waals surface area contributed by atoms with E-state index in [4.69, 9.17) is 5.73 Å². The molecule has 0 spiro atoms. The molecule has 14 heavy (non-hydrogen) atoms. The van der Waals surface area contributed by atoms with Gasteiger partial charge in [-0.25, -0.2) is 4.98 Å². The molecule has 2 heterocycles. The van der Waals surface area contributed by atoms with Crippen molar-refractivity contribution in [3.8, 4) is 0 Å². The van der Waals surface area contributed by atoms with Gasteiger partial charge in [0.25, 0.3) is 0 Å². The Hall–Kier alpha value is -2.18. The number of Topliss-reactive ketones (excluding diaryl/α,β-unsaturated/α-hetero) is 1. The number of ketones is 1. The number of aromatic amines is 1. The van der Waals surface area contributed by atoms with Crippen molar-refractivity contribution in [2.75, 3.05) is 0 Å². The largest absolute Gasteiger partial charge is 0.368 e. The fourth-order valence-electron chi connectivity index (χ4n) is 1.06. The molecule has 71 valence electrons. The molecule has 1 aliphatic rings. The van der Waals surface area contributed by atoms with Crippen LogP contribution in [0.25, 0.3) is 0 Å². The molecule has 0 atom stereocenters. The number of hydrogen-bond donors (Lipinski definition) is 2. The quantitative estimate of drug-likeness (QED) is 0.573. The van der Waals surface area contributed by atoms with E-state index in [1.165, 1.54) is 6.92 Å². The fraction of sp³-hybridized carbons (Fsp3) is 0.143. The third kappa shape index (κ3) is 1.15. The number of fused-ring (bicyclic) bond motifs is 1. The minimum absolute atomic E-state index is 0.0319. The Kier molecular flexibility index (Phi) is 1.60. The Morgan fingerprint density at radius 3 is 2.86 bits per heavy atom. The molecule has 3 N–H and O–H groups in total. The number of aliphatic imine (C=N–C) groups is 1. The van der Waals surface area contributed by atoms with E-state index in [1.807, 2.05) is 0 Å². The van der Waals surface area contributed by atoms with Crippen LogP contribution in [0, 0.1) is 0 Å². The molecule has 1 aromatic heterocycles. The number of amides is 1. The second-order valence-corrected chi connectivity index (χ2v) is 2.73. The third-order valence-corrected chi connectivity index (χ3v) is 1.66. The molecule has 0 aromatic carbocycles. The lowest BCUT2D eigenvalue weighted by molar-refractivity contribution is 0.0967. The summed E-state index contributed by atoms with van der Waals surface area (Å²) in [5.41, 5.74) is 5.29. The molecule has 0 aliphatic carbocycles. The highest BCUT2D eigenvalue weighted by Crippen LogP contribution is 2.19. The molecule has 2 rings (SSSR count). The van der Waals surface area contributed by atoms with Crippen molar-refractivity contribution < 1.29 is 9.59 Å². The van der Waals surface area contributed by atoms with Crippen molar-refractivity contribution in [1.82, 2.24) is 15.3 Å². The van der Waals surface area contributed by atoms with Crippen molar-refractivity contribution in [3.63, 3.8) is 0 Å². The lowest BCUT2D eigenvalue weighted by Gasteiger charge is -2.03. The lowest BCUT2D eigenvalue weighted by Crippen LogP contribution is -2.32. The van der Waals surface area contributed by atoms with E-state index in [0.29, 0.717) is 0 Å². The van der Waals surface area contributed by atoms with E-state index in [9.17, 15) is 9.59 Å². The van der Waals surface area contributed by atoms with E-state index in [2.05, 4.69) is 20.3 Å². The minimum atomic E-state index is -0.587. The molecule has 1 aromatic rings. The SMILES string of the molecule is CC(=O)c1nc2c([nH]1)N=C(N)[N]C2=O. The maximum absolute atomic E-state index is 11.2. The molecule has 0 saturated carbocycles. The first kappa shape index (κ1) is 8.42. The van der Waals surface area contributed by atoms with Gasteiger partial charge in [-0.1, -0.05) is 0 Å². The van der Waals surface area contributed by atoms with Crippen LogP contribution in [0.4, 0.5) is 5.82 Å². The molecule has 1 aliphatic heterocycles. The zero-order valence-electron chi connectivity index (χ0n) is 7.24. The summed E-state index contributed by atoms with van der Waals surface area (Å²) >= 11 is 0. The Balaban J connectivity index is 2.56. The molecular weight excluding hydrogens is 186 g/mol. The summed E-state index contributed by atoms with van der Waals surface area (Å²) in [6.45, 7) is 1.33. The van der Waals surface area contributed by atoms with E-state index in [1.54, 1.807) is 0 Å². The molecule has 7 heteroatoms. The van der Waals surface area contributed by atoms with Gasteiger partial charge in [0.1, 0.15) is 0 Å². The highest BCUT2D eigenvalue weighted by molar-refractivity contribution is 6.10. The molecule has 0 fully saturated rings. The Bertz CT molecular complexity index is 459. The molecule has 0 saturated heterocycles. The van der Waals surface area contributed by atoms with Crippen LogP contribution in [-0.2, 0) is 0 Å². The zero-order chi connectivity index (χ0) is 10.3. The zero-order valence-corrected chi connectivity index (χ0v) is 7.24. The maximum atomic E-state index is 11.2. The second-order valence-electron chi connectivity index (χ2n) is 2.73. The first-order valence-electron chi connectivity index (χ1n) is 3.79. The van der Waals surface area contributed by atoms with Crippen LogP contribution in [0.15, 0.2) is 4.99 Å². The van der Waals surface area contributed by atoms with E-state index >= 15 is 0 Å². The van der Waals surface area contributed by atoms with Crippen LogP contribution in [0.1, 0.15) is 28.0 Å². The van der Waals surface area contributed by atoms with Gasteiger partial charge in [0.05, 0.1) is 0 Å². The Labute approximate surface area is 78.4 Å². The first-order chi connectivity index (χ1) is 6.58. The minimum Gasteiger partial charge on any atom is -0.368 e. The molecule has 1 radical (unpaired) electrons. The number of imidazole rings is 1. The fourth-order valence-corrected chi connectivity index (χ4v) is 1.06. The van der Waals surface area contributed by atoms with Gasteiger partial charge >= 0.3 is 5.91 Å².